The van der Waals surface area contributed by atoms with E-state index in [1.54, 1.807) is 73.0 Å². The molecule has 0 aliphatic carbocycles. The zero-order chi connectivity index (χ0) is 28.3. The van der Waals surface area contributed by atoms with Crippen molar-refractivity contribution in [3.8, 4) is 5.75 Å². The van der Waals surface area contributed by atoms with Crippen molar-refractivity contribution < 1.29 is 28.2 Å². The number of carbonyl (C=O) groups excluding carboxylic acids is 3. The highest BCUT2D eigenvalue weighted by molar-refractivity contribution is 6.30. The molecule has 1 amide bonds. The van der Waals surface area contributed by atoms with Crippen LogP contribution in [0, 0.1) is 12.7 Å². The van der Waals surface area contributed by atoms with Crippen molar-refractivity contribution >= 4 is 40.3 Å². The Hall–Kier alpha value is -4.17. The maximum Gasteiger partial charge on any atom is 0.311 e. The van der Waals surface area contributed by atoms with Gasteiger partial charge in [-0.2, -0.15) is 0 Å². The molecule has 3 aromatic carbocycles. The zero-order valence-corrected chi connectivity index (χ0v) is 22.7. The van der Waals surface area contributed by atoms with E-state index in [0.717, 1.165) is 0 Å². The number of halogens is 2. The van der Waals surface area contributed by atoms with Gasteiger partial charge in [-0.3, -0.25) is 19.0 Å². The van der Waals surface area contributed by atoms with Crippen molar-refractivity contribution in [2.75, 3.05) is 7.11 Å². The second kappa shape index (κ2) is 11.7. The van der Waals surface area contributed by atoms with Crippen LogP contribution < -0.4 is 10.1 Å². The number of esters is 1. The second-order valence-electron chi connectivity index (χ2n) is 9.19. The minimum absolute atomic E-state index is 0.165. The lowest BCUT2D eigenvalue weighted by Crippen LogP contribution is -2.37. The van der Waals surface area contributed by atoms with Crippen molar-refractivity contribution in [2.45, 2.75) is 39.3 Å². The van der Waals surface area contributed by atoms with Gasteiger partial charge >= 0.3 is 5.97 Å². The van der Waals surface area contributed by atoms with E-state index in [4.69, 9.17) is 21.1 Å². The van der Waals surface area contributed by atoms with Gasteiger partial charge in [-0.05, 0) is 86.5 Å². The molecule has 4 rings (SSSR count). The molecular formula is C30H28ClFN2O5. The summed E-state index contributed by atoms with van der Waals surface area (Å²) >= 11 is 5.99. The molecule has 1 heterocycles. The summed E-state index contributed by atoms with van der Waals surface area (Å²) in [5, 5.41) is 3.94. The number of nitrogens with one attached hydrogen (secondary N) is 1. The summed E-state index contributed by atoms with van der Waals surface area (Å²) in [7, 11) is 1.53. The van der Waals surface area contributed by atoms with Gasteiger partial charge in [-0.1, -0.05) is 23.7 Å². The van der Waals surface area contributed by atoms with Crippen LogP contribution in [0.5, 0.6) is 5.75 Å². The standard InChI is InChI=1S/C30H28ClFN2O5/c1-17(20-7-11-23(32)12-8-20)33-29(36)19(3)39-28(35)16-25-18(2)34(27-14-13-24(38-4)15-26(25)27)30(37)21-5-9-22(31)10-6-21/h5-15,17,19H,16H2,1-4H3,(H,33,36)/t17-,19+/m0/s1. The quantitative estimate of drug-likeness (QED) is 0.281. The normalized spacial score (nSPS) is 12.6. The maximum absolute atomic E-state index is 13.5. The molecule has 1 N–H and O–H groups in total. The third kappa shape index (κ3) is 6.12. The Kier molecular flexibility index (Phi) is 8.35. The van der Waals surface area contributed by atoms with Crippen molar-refractivity contribution in [3.63, 3.8) is 0 Å². The average molecular weight is 551 g/mol. The Morgan fingerprint density at radius 3 is 2.31 bits per heavy atom. The van der Waals surface area contributed by atoms with E-state index in [-0.39, 0.29) is 18.1 Å². The fraction of sp³-hybridized carbons (Fsp3) is 0.233. The van der Waals surface area contributed by atoms with Crippen molar-refractivity contribution in [3.05, 3.63) is 100.0 Å². The Labute approximate surface area is 230 Å². The molecule has 39 heavy (non-hydrogen) atoms. The summed E-state index contributed by atoms with van der Waals surface area (Å²) < 4.78 is 25.6. The fourth-order valence-electron chi connectivity index (χ4n) is 4.40. The van der Waals surface area contributed by atoms with Gasteiger partial charge in [-0.15, -0.1) is 0 Å². The first-order valence-corrected chi connectivity index (χ1v) is 12.7. The van der Waals surface area contributed by atoms with E-state index < -0.39 is 24.0 Å². The molecule has 0 unspecified atom stereocenters. The van der Waals surface area contributed by atoms with E-state index in [0.29, 0.717) is 44.1 Å². The highest BCUT2D eigenvalue weighted by atomic mass is 35.5. The van der Waals surface area contributed by atoms with Gasteiger partial charge in [0.05, 0.1) is 25.1 Å². The summed E-state index contributed by atoms with van der Waals surface area (Å²) in [5.41, 5.74) is 2.91. The Bertz CT molecular complexity index is 1530. The molecule has 0 aliphatic heterocycles. The van der Waals surface area contributed by atoms with Crippen LogP contribution in [-0.4, -0.2) is 35.6 Å². The van der Waals surface area contributed by atoms with Crippen LogP contribution in [-0.2, 0) is 20.7 Å². The molecule has 4 aromatic rings. The number of benzene rings is 3. The largest absolute Gasteiger partial charge is 0.497 e. The predicted octanol–water partition coefficient (Wildman–Crippen LogP) is 5.79. The van der Waals surface area contributed by atoms with Crippen LogP contribution in [0.2, 0.25) is 5.02 Å². The molecule has 0 saturated carbocycles. The molecule has 0 fully saturated rings. The minimum Gasteiger partial charge on any atom is -0.497 e. The first kappa shape index (κ1) is 27.9. The third-order valence-corrected chi connectivity index (χ3v) is 6.82. The summed E-state index contributed by atoms with van der Waals surface area (Å²) in [6, 6.07) is 17.2. The van der Waals surface area contributed by atoms with Crippen molar-refractivity contribution in [2.24, 2.45) is 0 Å². The number of rotatable bonds is 8. The number of fused-ring (bicyclic) bond motifs is 1. The van der Waals surface area contributed by atoms with Gasteiger partial charge < -0.3 is 14.8 Å². The van der Waals surface area contributed by atoms with E-state index in [2.05, 4.69) is 5.32 Å². The van der Waals surface area contributed by atoms with Gasteiger partial charge in [0.25, 0.3) is 11.8 Å². The highest BCUT2D eigenvalue weighted by Gasteiger charge is 2.25. The van der Waals surface area contributed by atoms with Gasteiger partial charge in [0.1, 0.15) is 11.6 Å². The van der Waals surface area contributed by atoms with Crippen LogP contribution >= 0.6 is 11.6 Å². The van der Waals surface area contributed by atoms with Gasteiger partial charge in [0.2, 0.25) is 0 Å². The van der Waals surface area contributed by atoms with E-state index in [9.17, 15) is 18.8 Å². The van der Waals surface area contributed by atoms with Crippen LogP contribution in [0.1, 0.15) is 47.1 Å². The molecule has 9 heteroatoms. The van der Waals surface area contributed by atoms with E-state index in [1.807, 2.05) is 0 Å². The summed E-state index contributed by atoms with van der Waals surface area (Å²) in [6.45, 7) is 4.99. The number of methoxy groups -OCH3 is 1. The van der Waals surface area contributed by atoms with Gasteiger partial charge in [0.15, 0.2) is 6.10 Å². The SMILES string of the molecule is COc1ccc2c(c1)c(CC(=O)O[C@H](C)C(=O)N[C@@H](C)c1ccc(F)cc1)c(C)n2C(=O)c1ccc(Cl)cc1. The Morgan fingerprint density at radius 1 is 1.00 bits per heavy atom. The van der Waals surface area contributed by atoms with Crippen LogP contribution in [0.15, 0.2) is 66.7 Å². The number of nitrogens with zero attached hydrogens (tertiary/aromatic N) is 1. The van der Waals surface area contributed by atoms with Crippen molar-refractivity contribution in [1.82, 2.24) is 9.88 Å². The number of aromatic nitrogens is 1. The maximum atomic E-state index is 13.5. The molecule has 0 radical (unpaired) electrons. The lowest BCUT2D eigenvalue weighted by Gasteiger charge is -2.18. The van der Waals surface area contributed by atoms with Crippen LogP contribution in [0.25, 0.3) is 10.9 Å². The number of hydrogen-bond acceptors (Lipinski definition) is 5. The monoisotopic (exact) mass is 550 g/mol. The first-order chi connectivity index (χ1) is 18.6. The van der Waals surface area contributed by atoms with E-state index in [1.165, 1.54) is 26.2 Å². The zero-order valence-electron chi connectivity index (χ0n) is 22.0. The fourth-order valence-corrected chi connectivity index (χ4v) is 4.52. The molecule has 2 atom stereocenters. The number of amides is 1. The van der Waals surface area contributed by atoms with E-state index >= 15 is 0 Å². The molecule has 1 aromatic heterocycles. The Morgan fingerprint density at radius 2 is 1.67 bits per heavy atom. The summed E-state index contributed by atoms with van der Waals surface area (Å²) in [5.74, 6) is -1.20. The average Bonchev–Trinajstić information content (AvgIpc) is 3.18. The highest BCUT2D eigenvalue weighted by Crippen LogP contribution is 2.31. The third-order valence-electron chi connectivity index (χ3n) is 6.56. The van der Waals surface area contributed by atoms with Gasteiger partial charge in [-0.25, -0.2) is 4.39 Å². The molecule has 0 bridgehead atoms. The van der Waals surface area contributed by atoms with Gasteiger partial charge in [0, 0.05) is 21.7 Å². The van der Waals surface area contributed by atoms with Crippen LogP contribution in [0.4, 0.5) is 4.39 Å². The summed E-state index contributed by atoms with van der Waals surface area (Å²) in [6.07, 6.45) is -1.24. The summed E-state index contributed by atoms with van der Waals surface area (Å²) in [4.78, 5) is 39.1. The molecule has 0 spiro atoms. The van der Waals surface area contributed by atoms with Crippen LogP contribution in [0.3, 0.4) is 0 Å². The number of hydrogen-bond donors (Lipinski definition) is 1. The second-order valence-corrected chi connectivity index (χ2v) is 9.62. The molecule has 7 nitrogen and oxygen atoms in total. The molecule has 0 aliphatic rings. The Balaban J connectivity index is 1.55. The topological polar surface area (TPSA) is 86.6 Å². The smallest absolute Gasteiger partial charge is 0.311 e. The lowest BCUT2D eigenvalue weighted by molar-refractivity contribution is -0.154. The first-order valence-electron chi connectivity index (χ1n) is 12.3. The number of carbonyl (C=O) groups is 3. The number of ether oxygens (including phenoxy) is 2. The van der Waals surface area contributed by atoms with Crippen molar-refractivity contribution in [1.29, 1.82) is 0 Å². The molecular weight excluding hydrogens is 523 g/mol. The molecule has 202 valence electrons. The molecule has 0 saturated heterocycles. The predicted molar refractivity (Wildman–Crippen MR) is 147 cm³/mol. The minimum atomic E-state index is -1.07. The lowest BCUT2D eigenvalue weighted by atomic mass is 10.1.